The molecule has 0 aromatic carbocycles. The van der Waals surface area contributed by atoms with E-state index in [4.69, 9.17) is 0 Å². The third-order valence-electron chi connectivity index (χ3n) is 1.35. The maximum atomic E-state index is 2.23. The summed E-state index contributed by atoms with van der Waals surface area (Å²) in [6.45, 7) is 10.9. The zero-order valence-corrected chi connectivity index (χ0v) is 8.96. The Bertz CT molecular complexity index is 160. The van der Waals surface area contributed by atoms with Crippen molar-refractivity contribution < 1.29 is 0 Å². The Morgan fingerprint density at radius 2 is 1.82 bits per heavy atom. The van der Waals surface area contributed by atoms with Gasteiger partial charge in [-0.1, -0.05) is 25.5 Å². The van der Waals surface area contributed by atoms with Crippen LogP contribution in [0.2, 0.25) is 0 Å². The minimum Gasteiger partial charge on any atom is -0.103 e. The van der Waals surface area contributed by atoms with E-state index in [0.29, 0.717) is 5.92 Å². The lowest BCUT2D eigenvalue weighted by Crippen LogP contribution is -1.90. The molecule has 1 heteroatoms. The van der Waals surface area contributed by atoms with E-state index in [-0.39, 0.29) is 0 Å². The number of hydrogen-bond acceptors (Lipinski definition) is 1. The van der Waals surface area contributed by atoms with Gasteiger partial charge in [-0.05, 0) is 37.0 Å². The highest BCUT2D eigenvalue weighted by Crippen LogP contribution is 2.27. The maximum Gasteiger partial charge on any atom is -0.00965 e. The standard InChI is InChI=1S/C10H18S/c1-6-7-11-10(8(2)3)9(4)5/h6-8H,1-5H3/b7-6-. The molecule has 0 nitrogen and oxygen atoms in total. The summed E-state index contributed by atoms with van der Waals surface area (Å²) in [6, 6.07) is 0. The SMILES string of the molecule is C/C=C\SC(=C(C)C)C(C)C. The van der Waals surface area contributed by atoms with Crippen LogP contribution in [0.15, 0.2) is 22.0 Å². The summed E-state index contributed by atoms with van der Waals surface area (Å²) in [5.41, 5.74) is 1.43. The van der Waals surface area contributed by atoms with Crippen molar-refractivity contribution in [1.82, 2.24) is 0 Å². The molecular formula is C10H18S. The normalized spacial score (nSPS) is 11.1. The molecule has 0 rings (SSSR count). The zero-order valence-electron chi connectivity index (χ0n) is 8.14. The molecule has 64 valence electrons. The van der Waals surface area contributed by atoms with Gasteiger partial charge in [0.2, 0.25) is 0 Å². The monoisotopic (exact) mass is 170 g/mol. The average Bonchev–Trinajstić information content (AvgIpc) is 1.87. The first kappa shape index (κ1) is 10.8. The van der Waals surface area contributed by atoms with Crippen LogP contribution in [-0.2, 0) is 0 Å². The van der Waals surface area contributed by atoms with Crippen LogP contribution in [0.25, 0.3) is 0 Å². The second kappa shape index (κ2) is 5.48. The molecule has 0 aliphatic rings. The van der Waals surface area contributed by atoms with E-state index in [9.17, 15) is 0 Å². The highest BCUT2D eigenvalue weighted by atomic mass is 32.2. The fourth-order valence-electron chi connectivity index (χ4n) is 0.973. The largest absolute Gasteiger partial charge is 0.103 e. The fraction of sp³-hybridized carbons (Fsp3) is 0.600. The molecule has 0 bridgehead atoms. The first-order valence-electron chi connectivity index (χ1n) is 4.04. The highest BCUT2D eigenvalue weighted by molar-refractivity contribution is 8.05. The Kier molecular flexibility index (Phi) is 5.39. The van der Waals surface area contributed by atoms with Gasteiger partial charge in [0.25, 0.3) is 0 Å². The molecule has 0 heterocycles. The predicted molar refractivity (Wildman–Crippen MR) is 55.6 cm³/mol. The van der Waals surface area contributed by atoms with E-state index in [1.54, 1.807) is 0 Å². The summed E-state index contributed by atoms with van der Waals surface area (Å²) >= 11 is 1.84. The average molecular weight is 170 g/mol. The molecule has 0 N–H and O–H groups in total. The van der Waals surface area contributed by atoms with E-state index in [2.05, 4.69) is 46.1 Å². The predicted octanol–water partition coefficient (Wildman–Crippen LogP) is 4.20. The van der Waals surface area contributed by atoms with Crippen LogP contribution in [0.5, 0.6) is 0 Å². The summed E-state index contributed by atoms with van der Waals surface area (Å²) in [4.78, 5) is 1.49. The topological polar surface area (TPSA) is 0 Å². The Hall–Kier alpha value is -0.170. The highest BCUT2D eigenvalue weighted by Gasteiger charge is 2.02. The van der Waals surface area contributed by atoms with E-state index >= 15 is 0 Å². The molecule has 0 atom stereocenters. The summed E-state index contributed by atoms with van der Waals surface area (Å²) in [5.74, 6) is 0.654. The van der Waals surface area contributed by atoms with Crippen molar-refractivity contribution in [2.24, 2.45) is 5.92 Å². The molecule has 0 aromatic rings. The van der Waals surface area contributed by atoms with Gasteiger partial charge in [-0.15, -0.1) is 11.8 Å². The van der Waals surface area contributed by atoms with E-state index in [1.165, 1.54) is 10.5 Å². The van der Waals surface area contributed by atoms with Crippen molar-refractivity contribution in [3.05, 3.63) is 22.0 Å². The third-order valence-corrected chi connectivity index (χ3v) is 2.89. The molecule has 0 amide bonds. The smallest absolute Gasteiger partial charge is 0.00965 e. The number of hydrogen-bond donors (Lipinski definition) is 0. The summed E-state index contributed by atoms with van der Waals surface area (Å²) in [7, 11) is 0. The van der Waals surface area contributed by atoms with Crippen molar-refractivity contribution in [2.45, 2.75) is 34.6 Å². The van der Waals surface area contributed by atoms with Crippen LogP contribution >= 0.6 is 11.8 Å². The van der Waals surface area contributed by atoms with Gasteiger partial charge < -0.3 is 0 Å². The van der Waals surface area contributed by atoms with E-state index in [0.717, 1.165) is 0 Å². The lowest BCUT2D eigenvalue weighted by molar-refractivity contribution is 0.806. The molecule has 0 aliphatic carbocycles. The Morgan fingerprint density at radius 3 is 2.09 bits per heavy atom. The quantitative estimate of drug-likeness (QED) is 0.611. The van der Waals surface area contributed by atoms with Crippen LogP contribution in [0.1, 0.15) is 34.6 Å². The van der Waals surface area contributed by atoms with Crippen LogP contribution < -0.4 is 0 Å². The lowest BCUT2D eigenvalue weighted by Gasteiger charge is -2.10. The van der Waals surface area contributed by atoms with Crippen molar-refractivity contribution >= 4 is 11.8 Å². The van der Waals surface area contributed by atoms with Crippen molar-refractivity contribution in [2.75, 3.05) is 0 Å². The molecule has 0 saturated heterocycles. The van der Waals surface area contributed by atoms with Gasteiger partial charge in [0.05, 0.1) is 0 Å². The molecular weight excluding hydrogens is 152 g/mol. The van der Waals surface area contributed by atoms with Gasteiger partial charge in [-0.2, -0.15) is 0 Å². The minimum absolute atomic E-state index is 0.654. The summed E-state index contributed by atoms with van der Waals surface area (Å²) in [6.07, 6.45) is 2.08. The van der Waals surface area contributed by atoms with Crippen LogP contribution in [0, 0.1) is 5.92 Å². The van der Waals surface area contributed by atoms with Gasteiger partial charge in [-0.25, -0.2) is 0 Å². The third kappa shape index (κ3) is 4.31. The van der Waals surface area contributed by atoms with E-state index < -0.39 is 0 Å². The van der Waals surface area contributed by atoms with E-state index in [1.807, 2.05) is 11.8 Å². The first-order chi connectivity index (χ1) is 5.09. The van der Waals surface area contributed by atoms with Crippen LogP contribution in [0.3, 0.4) is 0 Å². The van der Waals surface area contributed by atoms with Gasteiger partial charge in [0.15, 0.2) is 0 Å². The molecule has 0 aromatic heterocycles. The molecule has 0 fully saturated rings. The summed E-state index contributed by atoms with van der Waals surface area (Å²) in [5, 5.41) is 2.14. The molecule has 0 unspecified atom stereocenters. The molecule has 0 spiro atoms. The summed E-state index contributed by atoms with van der Waals surface area (Å²) < 4.78 is 0. The Morgan fingerprint density at radius 1 is 1.27 bits per heavy atom. The fourth-order valence-corrected chi connectivity index (χ4v) is 1.76. The maximum absolute atomic E-state index is 2.23. The Labute approximate surface area is 74.8 Å². The van der Waals surface area contributed by atoms with Crippen LogP contribution in [0.4, 0.5) is 0 Å². The second-order valence-electron chi connectivity index (χ2n) is 3.11. The van der Waals surface area contributed by atoms with Gasteiger partial charge in [0, 0.05) is 0 Å². The van der Waals surface area contributed by atoms with Gasteiger partial charge in [0.1, 0.15) is 0 Å². The van der Waals surface area contributed by atoms with Crippen molar-refractivity contribution in [3.63, 3.8) is 0 Å². The minimum atomic E-state index is 0.654. The van der Waals surface area contributed by atoms with Crippen molar-refractivity contribution in [1.29, 1.82) is 0 Å². The van der Waals surface area contributed by atoms with Gasteiger partial charge in [-0.3, -0.25) is 0 Å². The first-order valence-corrected chi connectivity index (χ1v) is 4.92. The second-order valence-corrected chi connectivity index (χ2v) is 4.05. The van der Waals surface area contributed by atoms with Crippen molar-refractivity contribution in [3.8, 4) is 0 Å². The molecule has 11 heavy (non-hydrogen) atoms. The Balaban J connectivity index is 4.25. The molecule has 0 aliphatic heterocycles. The van der Waals surface area contributed by atoms with Crippen LogP contribution in [-0.4, -0.2) is 0 Å². The lowest BCUT2D eigenvalue weighted by atomic mass is 10.1. The molecule has 0 saturated carbocycles. The molecule has 0 radical (unpaired) electrons. The number of rotatable bonds is 3. The number of thioether (sulfide) groups is 1. The van der Waals surface area contributed by atoms with Gasteiger partial charge >= 0.3 is 0 Å². The zero-order chi connectivity index (χ0) is 8.85. The number of allylic oxidation sites excluding steroid dienone is 3.